The first-order valence-corrected chi connectivity index (χ1v) is 5.76. The molecule has 0 saturated carbocycles. The minimum Gasteiger partial charge on any atom is -0.492 e. The molecule has 2 aromatic rings. The van der Waals surface area contributed by atoms with E-state index in [0.29, 0.717) is 11.4 Å². The number of aromatic nitrogens is 2. The van der Waals surface area contributed by atoms with Crippen LogP contribution in [0, 0.1) is 0 Å². The fourth-order valence-electron chi connectivity index (χ4n) is 1.40. The number of anilines is 4. The van der Waals surface area contributed by atoms with Gasteiger partial charge in [-0.05, 0) is 24.3 Å². The first-order chi connectivity index (χ1) is 9.58. The maximum atomic E-state index is 11.1. The quantitative estimate of drug-likeness (QED) is 0.573. The Labute approximate surface area is 115 Å². The smallest absolute Gasteiger partial charge is 0.318 e. The molecule has 0 aliphatic carbocycles. The van der Waals surface area contributed by atoms with Gasteiger partial charge in [0, 0.05) is 18.4 Å². The molecule has 0 fully saturated rings. The van der Waals surface area contributed by atoms with Gasteiger partial charge in [-0.2, -0.15) is 4.98 Å². The van der Waals surface area contributed by atoms with Crippen LogP contribution in [0.25, 0.3) is 0 Å². The number of nitrogens with zero attached hydrogens (tertiary/aromatic N) is 2. The first kappa shape index (κ1) is 13.4. The maximum absolute atomic E-state index is 11.1. The number of hydrogen-bond donors (Lipinski definition) is 5. The number of carbonyl (C=O) groups is 1. The number of urea groups is 1. The SMILES string of the molecule is CNC(=O)Nc1ccc(Nc2ncc(N)c(O)n2)cc1. The van der Waals surface area contributed by atoms with Gasteiger partial charge in [0.2, 0.25) is 11.8 Å². The Kier molecular flexibility index (Phi) is 3.85. The van der Waals surface area contributed by atoms with E-state index >= 15 is 0 Å². The van der Waals surface area contributed by atoms with Crippen molar-refractivity contribution in [3.8, 4) is 5.88 Å². The van der Waals surface area contributed by atoms with Crippen LogP contribution in [-0.4, -0.2) is 28.2 Å². The van der Waals surface area contributed by atoms with Crippen LogP contribution in [-0.2, 0) is 0 Å². The summed E-state index contributed by atoms with van der Waals surface area (Å²) in [5.41, 5.74) is 6.88. The second-order valence-corrected chi connectivity index (χ2v) is 3.88. The average Bonchev–Trinajstić information content (AvgIpc) is 2.45. The van der Waals surface area contributed by atoms with Crippen molar-refractivity contribution in [1.82, 2.24) is 15.3 Å². The molecule has 0 aliphatic heterocycles. The molecule has 0 atom stereocenters. The lowest BCUT2D eigenvalue weighted by molar-refractivity contribution is 0.254. The van der Waals surface area contributed by atoms with Crippen LogP contribution in [0.15, 0.2) is 30.5 Å². The molecule has 0 spiro atoms. The Morgan fingerprint density at radius 3 is 2.50 bits per heavy atom. The van der Waals surface area contributed by atoms with Crippen molar-refractivity contribution in [2.45, 2.75) is 0 Å². The third kappa shape index (κ3) is 3.25. The van der Waals surface area contributed by atoms with Crippen LogP contribution in [0.2, 0.25) is 0 Å². The Bertz CT molecular complexity index is 614. The standard InChI is InChI=1S/C12H14N6O2/c1-14-12(20)17-8-4-2-7(3-5-8)16-11-15-6-9(13)10(19)18-11/h2-6H,13H2,1H3,(H2,14,17,20)(H2,15,16,18,19). The highest BCUT2D eigenvalue weighted by molar-refractivity contribution is 5.89. The second kappa shape index (κ2) is 5.74. The monoisotopic (exact) mass is 274 g/mol. The molecule has 0 unspecified atom stereocenters. The molecule has 0 aliphatic rings. The summed E-state index contributed by atoms with van der Waals surface area (Å²) in [7, 11) is 1.54. The molecule has 6 N–H and O–H groups in total. The van der Waals surface area contributed by atoms with E-state index in [1.165, 1.54) is 13.2 Å². The van der Waals surface area contributed by atoms with Crippen molar-refractivity contribution in [2.24, 2.45) is 0 Å². The number of amides is 2. The van der Waals surface area contributed by atoms with Crippen LogP contribution < -0.4 is 21.7 Å². The fraction of sp³-hybridized carbons (Fsp3) is 0.0833. The molecule has 20 heavy (non-hydrogen) atoms. The molecule has 1 aromatic carbocycles. The zero-order chi connectivity index (χ0) is 14.5. The van der Waals surface area contributed by atoms with E-state index in [0.717, 1.165) is 0 Å². The summed E-state index contributed by atoms with van der Waals surface area (Å²) in [5.74, 6) is -0.0517. The Morgan fingerprint density at radius 1 is 1.25 bits per heavy atom. The van der Waals surface area contributed by atoms with Crippen molar-refractivity contribution in [3.05, 3.63) is 30.5 Å². The highest BCUT2D eigenvalue weighted by Crippen LogP contribution is 2.20. The average molecular weight is 274 g/mol. The van der Waals surface area contributed by atoms with E-state index in [-0.39, 0.29) is 23.5 Å². The van der Waals surface area contributed by atoms with Crippen molar-refractivity contribution >= 4 is 29.0 Å². The number of nitrogens with two attached hydrogens (primary N) is 1. The zero-order valence-corrected chi connectivity index (χ0v) is 10.7. The molecule has 8 nitrogen and oxygen atoms in total. The summed E-state index contributed by atoms with van der Waals surface area (Å²) in [6.45, 7) is 0. The molecular weight excluding hydrogens is 260 g/mol. The fourth-order valence-corrected chi connectivity index (χ4v) is 1.40. The Balaban J connectivity index is 2.06. The van der Waals surface area contributed by atoms with Gasteiger partial charge in [0.1, 0.15) is 5.69 Å². The van der Waals surface area contributed by atoms with E-state index in [1.807, 2.05) is 0 Å². The first-order valence-electron chi connectivity index (χ1n) is 5.76. The van der Waals surface area contributed by atoms with Crippen LogP contribution in [0.4, 0.5) is 27.8 Å². The molecular formula is C12H14N6O2. The lowest BCUT2D eigenvalue weighted by Crippen LogP contribution is -2.24. The molecule has 8 heteroatoms. The predicted octanol–water partition coefficient (Wildman–Crippen LogP) is 1.26. The molecule has 0 radical (unpaired) electrons. The lowest BCUT2D eigenvalue weighted by atomic mass is 10.3. The summed E-state index contributed by atoms with van der Waals surface area (Å²) in [4.78, 5) is 18.8. The zero-order valence-electron chi connectivity index (χ0n) is 10.7. The third-order valence-electron chi connectivity index (χ3n) is 2.42. The second-order valence-electron chi connectivity index (χ2n) is 3.88. The summed E-state index contributed by atoms with van der Waals surface area (Å²) < 4.78 is 0. The summed E-state index contributed by atoms with van der Waals surface area (Å²) >= 11 is 0. The molecule has 1 aromatic heterocycles. The third-order valence-corrected chi connectivity index (χ3v) is 2.42. The summed E-state index contributed by atoms with van der Waals surface area (Å²) in [6, 6.07) is 6.62. The Morgan fingerprint density at radius 2 is 1.90 bits per heavy atom. The molecule has 104 valence electrons. The van der Waals surface area contributed by atoms with Crippen molar-refractivity contribution < 1.29 is 9.90 Å². The van der Waals surface area contributed by atoms with Gasteiger partial charge in [-0.25, -0.2) is 9.78 Å². The van der Waals surface area contributed by atoms with Crippen LogP contribution in [0.1, 0.15) is 0 Å². The maximum Gasteiger partial charge on any atom is 0.318 e. The van der Waals surface area contributed by atoms with E-state index in [9.17, 15) is 9.90 Å². The van der Waals surface area contributed by atoms with Gasteiger partial charge in [-0.1, -0.05) is 0 Å². The van der Waals surface area contributed by atoms with E-state index in [1.54, 1.807) is 24.3 Å². The molecule has 1 heterocycles. The summed E-state index contributed by atoms with van der Waals surface area (Å²) in [5, 5.41) is 17.4. The molecule has 0 saturated heterocycles. The van der Waals surface area contributed by atoms with Gasteiger partial charge in [0.05, 0.1) is 6.20 Å². The number of nitrogens with one attached hydrogen (secondary N) is 3. The van der Waals surface area contributed by atoms with Crippen LogP contribution in [0.3, 0.4) is 0 Å². The van der Waals surface area contributed by atoms with Crippen molar-refractivity contribution in [2.75, 3.05) is 23.4 Å². The van der Waals surface area contributed by atoms with E-state index in [2.05, 4.69) is 25.9 Å². The highest BCUT2D eigenvalue weighted by atomic mass is 16.3. The molecule has 0 bridgehead atoms. The van der Waals surface area contributed by atoms with Gasteiger partial charge < -0.3 is 26.8 Å². The number of rotatable bonds is 3. The number of nitrogen functional groups attached to an aromatic ring is 1. The van der Waals surface area contributed by atoms with Gasteiger partial charge in [-0.3, -0.25) is 0 Å². The number of benzene rings is 1. The van der Waals surface area contributed by atoms with E-state index in [4.69, 9.17) is 5.73 Å². The minimum atomic E-state index is -0.294. The lowest BCUT2D eigenvalue weighted by Gasteiger charge is -2.07. The van der Waals surface area contributed by atoms with Crippen LogP contribution >= 0.6 is 0 Å². The molecule has 2 rings (SSSR count). The number of carbonyl (C=O) groups excluding carboxylic acids is 1. The van der Waals surface area contributed by atoms with Gasteiger partial charge in [-0.15, -0.1) is 0 Å². The minimum absolute atomic E-state index is 0.112. The topological polar surface area (TPSA) is 125 Å². The van der Waals surface area contributed by atoms with Crippen molar-refractivity contribution in [3.63, 3.8) is 0 Å². The van der Waals surface area contributed by atoms with Gasteiger partial charge in [0.25, 0.3) is 0 Å². The predicted molar refractivity (Wildman–Crippen MR) is 75.9 cm³/mol. The van der Waals surface area contributed by atoms with Crippen LogP contribution in [0.5, 0.6) is 5.88 Å². The number of aromatic hydroxyl groups is 1. The van der Waals surface area contributed by atoms with E-state index < -0.39 is 0 Å². The Hall–Kier alpha value is -3.03. The highest BCUT2D eigenvalue weighted by Gasteiger charge is 2.03. The van der Waals surface area contributed by atoms with Gasteiger partial charge in [0.15, 0.2) is 0 Å². The van der Waals surface area contributed by atoms with Gasteiger partial charge >= 0.3 is 6.03 Å². The normalized spacial score (nSPS) is 9.85. The largest absolute Gasteiger partial charge is 0.492 e. The molecule has 2 amide bonds. The van der Waals surface area contributed by atoms with Crippen molar-refractivity contribution in [1.29, 1.82) is 0 Å². The number of hydrogen-bond acceptors (Lipinski definition) is 6. The summed E-state index contributed by atoms with van der Waals surface area (Å²) in [6.07, 6.45) is 1.31.